The minimum atomic E-state index is -0.150. The molecule has 1 aliphatic rings. The van der Waals surface area contributed by atoms with Crippen LogP contribution in [-0.4, -0.2) is 6.54 Å². The van der Waals surface area contributed by atoms with Crippen LogP contribution in [0.5, 0.6) is 0 Å². The molecule has 2 aromatic carbocycles. The van der Waals surface area contributed by atoms with E-state index in [0.717, 1.165) is 25.2 Å². The third-order valence-electron chi connectivity index (χ3n) is 3.33. The van der Waals surface area contributed by atoms with Crippen molar-refractivity contribution in [2.75, 3.05) is 11.4 Å². The predicted octanol–water partition coefficient (Wildman–Crippen LogP) is 3.99. The lowest BCUT2D eigenvalue weighted by Gasteiger charge is -2.19. The zero-order valence-electron chi connectivity index (χ0n) is 9.87. The molecule has 2 aromatic rings. The van der Waals surface area contributed by atoms with Crippen molar-refractivity contribution in [3.8, 4) is 0 Å². The first-order valence-electron chi connectivity index (χ1n) is 6.00. The van der Waals surface area contributed by atoms with Gasteiger partial charge in [-0.05, 0) is 64.4 Å². The Morgan fingerprint density at radius 3 is 2.67 bits per heavy atom. The smallest absolute Gasteiger partial charge is 0.125 e. The van der Waals surface area contributed by atoms with Crippen molar-refractivity contribution >= 4 is 28.3 Å². The van der Waals surface area contributed by atoms with Crippen molar-refractivity contribution in [3.05, 3.63) is 63.0 Å². The lowest BCUT2D eigenvalue weighted by Crippen LogP contribution is -2.19. The summed E-state index contributed by atoms with van der Waals surface area (Å²) in [4.78, 5) is 2.25. The van der Waals surface area contributed by atoms with E-state index in [1.165, 1.54) is 14.7 Å². The molecule has 0 radical (unpaired) electrons. The molecule has 0 saturated carbocycles. The van der Waals surface area contributed by atoms with Gasteiger partial charge in [-0.25, -0.2) is 4.39 Å². The molecule has 0 N–H and O–H groups in total. The molecule has 0 aliphatic carbocycles. The molecule has 0 amide bonds. The molecule has 3 heteroatoms. The van der Waals surface area contributed by atoms with Crippen LogP contribution < -0.4 is 4.90 Å². The van der Waals surface area contributed by atoms with Gasteiger partial charge in [0.25, 0.3) is 0 Å². The summed E-state index contributed by atoms with van der Waals surface area (Å²) in [5.41, 5.74) is 3.57. The second-order valence-electron chi connectivity index (χ2n) is 4.57. The highest BCUT2D eigenvalue weighted by Crippen LogP contribution is 2.29. The first-order chi connectivity index (χ1) is 8.72. The summed E-state index contributed by atoms with van der Waals surface area (Å²) in [5.74, 6) is -0.150. The average Bonchev–Trinajstić information content (AvgIpc) is 2.75. The van der Waals surface area contributed by atoms with Gasteiger partial charge in [0.05, 0.1) is 0 Å². The van der Waals surface area contributed by atoms with Crippen LogP contribution >= 0.6 is 22.6 Å². The van der Waals surface area contributed by atoms with Crippen molar-refractivity contribution in [1.82, 2.24) is 0 Å². The molecule has 0 spiro atoms. The Labute approximate surface area is 120 Å². The lowest BCUT2D eigenvalue weighted by atomic mass is 10.1. The minimum absolute atomic E-state index is 0.150. The summed E-state index contributed by atoms with van der Waals surface area (Å²) in [6.07, 6.45) is 1.01. The molecule has 3 rings (SSSR count). The number of hydrogen-bond acceptors (Lipinski definition) is 1. The van der Waals surface area contributed by atoms with E-state index < -0.39 is 0 Å². The number of anilines is 1. The van der Waals surface area contributed by atoms with Gasteiger partial charge in [0.2, 0.25) is 0 Å². The fraction of sp³-hybridized carbons (Fsp3) is 0.200. The molecule has 0 saturated heterocycles. The molecule has 92 valence electrons. The van der Waals surface area contributed by atoms with Crippen LogP contribution in [-0.2, 0) is 13.0 Å². The van der Waals surface area contributed by atoms with Crippen LogP contribution in [0, 0.1) is 9.39 Å². The average molecular weight is 353 g/mol. The van der Waals surface area contributed by atoms with Gasteiger partial charge in [-0.2, -0.15) is 0 Å². The van der Waals surface area contributed by atoms with E-state index in [-0.39, 0.29) is 5.82 Å². The molecule has 0 bridgehead atoms. The number of rotatable bonds is 2. The largest absolute Gasteiger partial charge is 0.367 e. The Kier molecular flexibility index (Phi) is 3.24. The zero-order valence-corrected chi connectivity index (χ0v) is 12.0. The first-order valence-corrected chi connectivity index (χ1v) is 7.08. The highest BCUT2D eigenvalue weighted by atomic mass is 127. The quantitative estimate of drug-likeness (QED) is 0.738. The first kappa shape index (κ1) is 12.0. The molecular weight excluding hydrogens is 340 g/mol. The van der Waals surface area contributed by atoms with Gasteiger partial charge in [0.1, 0.15) is 5.82 Å². The van der Waals surface area contributed by atoms with Gasteiger partial charge >= 0.3 is 0 Å². The Balaban J connectivity index is 1.84. The van der Waals surface area contributed by atoms with E-state index in [2.05, 4.69) is 51.8 Å². The second kappa shape index (κ2) is 4.88. The van der Waals surface area contributed by atoms with Crippen molar-refractivity contribution in [1.29, 1.82) is 0 Å². The van der Waals surface area contributed by atoms with Crippen molar-refractivity contribution in [2.45, 2.75) is 13.0 Å². The minimum Gasteiger partial charge on any atom is -0.367 e. The number of hydrogen-bond donors (Lipinski definition) is 0. The van der Waals surface area contributed by atoms with Crippen LogP contribution in [0.25, 0.3) is 0 Å². The lowest BCUT2D eigenvalue weighted by molar-refractivity contribution is 0.627. The van der Waals surface area contributed by atoms with Gasteiger partial charge in [0, 0.05) is 22.3 Å². The van der Waals surface area contributed by atoms with E-state index in [0.29, 0.717) is 0 Å². The summed E-state index contributed by atoms with van der Waals surface area (Å²) in [6.45, 7) is 1.83. The Morgan fingerprint density at radius 2 is 1.89 bits per heavy atom. The zero-order chi connectivity index (χ0) is 12.5. The molecule has 0 fully saturated rings. The van der Waals surface area contributed by atoms with Gasteiger partial charge in [0.15, 0.2) is 0 Å². The highest BCUT2D eigenvalue weighted by Gasteiger charge is 2.19. The molecule has 1 aliphatic heterocycles. The third-order valence-corrected chi connectivity index (χ3v) is 4.04. The molecule has 18 heavy (non-hydrogen) atoms. The number of fused-ring (bicyclic) bond motifs is 1. The van der Waals surface area contributed by atoms with Gasteiger partial charge in [-0.1, -0.05) is 18.2 Å². The maximum atomic E-state index is 13.3. The van der Waals surface area contributed by atoms with E-state index in [9.17, 15) is 4.39 Å². The monoisotopic (exact) mass is 353 g/mol. The predicted molar refractivity (Wildman–Crippen MR) is 80.3 cm³/mol. The van der Waals surface area contributed by atoms with Gasteiger partial charge in [-0.15, -0.1) is 0 Å². The summed E-state index contributed by atoms with van der Waals surface area (Å²) in [7, 11) is 0. The van der Waals surface area contributed by atoms with Gasteiger partial charge in [-0.3, -0.25) is 0 Å². The van der Waals surface area contributed by atoms with Crippen LogP contribution in [0.4, 0.5) is 10.1 Å². The molecule has 1 nitrogen and oxygen atoms in total. The number of benzene rings is 2. The van der Waals surface area contributed by atoms with E-state index in [4.69, 9.17) is 0 Å². The third kappa shape index (κ3) is 2.36. The maximum Gasteiger partial charge on any atom is 0.125 e. The topological polar surface area (TPSA) is 3.24 Å². The second-order valence-corrected chi connectivity index (χ2v) is 5.82. The fourth-order valence-corrected chi connectivity index (χ4v) is 2.75. The van der Waals surface area contributed by atoms with Crippen LogP contribution in [0.1, 0.15) is 11.1 Å². The summed E-state index contributed by atoms with van der Waals surface area (Å²) in [6, 6.07) is 13.6. The van der Waals surface area contributed by atoms with Crippen molar-refractivity contribution < 1.29 is 4.39 Å². The normalized spacial score (nSPS) is 13.8. The Bertz CT molecular complexity index is 565. The standard InChI is InChI=1S/C15H13FIN/c16-13-4-3-12-7-8-18(15(12)9-13)10-11-1-5-14(17)6-2-11/h1-6,9H,7-8,10H2. The van der Waals surface area contributed by atoms with E-state index in [1.807, 2.05) is 6.07 Å². The maximum absolute atomic E-state index is 13.3. The summed E-state index contributed by atoms with van der Waals surface area (Å²) >= 11 is 2.30. The van der Waals surface area contributed by atoms with Crippen LogP contribution in [0.15, 0.2) is 42.5 Å². The molecule has 1 heterocycles. The fourth-order valence-electron chi connectivity index (χ4n) is 2.39. The highest BCUT2D eigenvalue weighted by molar-refractivity contribution is 14.1. The Morgan fingerprint density at radius 1 is 1.11 bits per heavy atom. The molecular formula is C15H13FIN. The number of halogens is 2. The number of nitrogens with zero attached hydrogens (tertiary/aromatic N) is 1. The van der Waals surface area contributed by atoms with Crippen molar-refractivity contribution in [3.63, 3.8) is 0 Å². The molecule has 0 atom stereocenters. The van der Waals surface area contributed by atoms with E-state index >= 15 is 0 Å². The van der Waals surface area contributed by atoms with Crippen LogP contribution in [0.2, 0.25) is 0 Å². The summed E-state index contributed by atoms with van der Waals surface area (Å²) in [5, 5.41) is 0. The summed E-state index contributed by atoms with van der Waals surface area (Å²) < 4.78 is 14.5. The SMILES string of the molecule is Fc1ccc2c(c1)N(Cc1ccc(I)cc1)CC2. The van der Waals surface area contributed by atoms with Crippen LogP contribution in [0.3, 0.4) is 0 Å². The van der Waals surface area contributed by atoms with Crippen molar-refractivity contribution in [2.24, 2.45) is 0 Å². The molecule has 0 aromatic heterocycles. The molecule has 0 unspecified atom stereocenters. The van der Waals surface area contributed by atoms with E-state index in [1.54, 1.807) is 12.1 Å². The Hall–Kier alpha value is -1.10. The van der Waals surface area contributed by atoms with Gasteiger partial charge < -0.3 is 4.90 Å².